The molecular weight excluding hydrogens is 426 g/mol. The number of rotatable bonds is 5. The lowest BCUT2D eigenvalue weighted by Gasteiger charge is -2.14. The van der Waals surface area contributed by atoms with Gasteiger partial charge in [-0.1, -0.05) is 6.07 Å². The molecule has 2 aromatic rings. The minimum absolute atomic E-state index is 0.300. The summed E-state index contributed by atoms with van der Waals surface area (Å²) in [5.41, 5.74) is 1.77. The third-order valence-electron chi connectivity index (χ3n) is 2.81. The van der Waals surface area contributed by atoms with Gasteiger partial charge in [-0.2, -0.15) is 0 Å². The average Bonchev–Trinajstić information content (AvgIpc) is 2.48. The molecule has 0 aliphatic rings. The van der Waals surface area contributed by atoms with Gasteiger partial charge in [0.2, 0.25) is 0 Å². The molecule has 0 unspecified atom stereocenters. The van der Waals surface area contributed by atoms with Crippen LogP contribution in [-0.4, -0.2) is 7.11 Å². The van der Waals surface area contributed by atoms with E-state index in [1.54, 1.807) is 19.2 Å². The predicted molar refractivity (Wildman–Crippen MR) is 88.7 cm³/mol. The highest BCUT2D eigenvalue weighted by Crippen LogP contribution is 2.37. The van der Waals surface area contributed by atoms with E-state index >= 15 is 0 Å². The molecule has 0 aromatic heterocycles. The van der Waals surface area contributed by atoms with Crippen LogP contribution in [0.4, 0.5) is 4.39 Å². The number of ether oxygens (including phenoxy) is 2. The van der Waals surface area contributed by atoms with Crippen molar-refractivity contribution in [2.45, 2.75) is 12.5 Å². The van der Waals surface area contributed by atoms with Crippen molar-refractivity contribution in [1.82, 2.24) is 0 Å². The zero-order chi connectivity index (χ0) is 15.4. The van der Waals surface area contributed by atoms with Crippen LogP contribution in [0.5, 0.6) is 11.5 Å². The second-order valence-corrected chi connectivity index (χ2v) is 6.26. The fraction of sp³-hybridized carbons (Fsp3) is 0.200. The number of alkyl halides is 1. The Bertz CT molecular complexity index is 650. The molecule has 21 heavy (non-hydrogen) atoms. The van der Waals surface area contributed by atoms with Gasteiger partial charge < -0.3 is 9.47 Å². The van der Waals surface area contributed by atoms with E-state index in [2.05, 4.69) is 31.9 Å². The van der Waals surface area contributed by atoms with Crippen LogP contribution >= 0.6 is 43.5 Å². The van der Waals surface area contributed by atoms with Crippen molar-refractivity contribution in [3.8, 4) is 11.5 Å². The lowest BCUT2D eigenvalue weighted by molar-refractivity contribution is 0.282. The molecule has 2 nitrogen and oxygen atoms in total. The number of benzene rings is 2. The fourth-order valence-corrected chi connectivity index (χ4v) is 2.96. The summed E-state index contributed by atoms with van der Waals surface area (Å²) in [5.74, 6) is 1.28. The van der Waals surface area contributed by atoms with Crippen molar-refractivity contribution in [1.29, 1.82) is 0 Å². The van der Waals surface area contributed by atoms with Crippen molar-refractivity contribution in [3.05, 3.63) is 56.2 Å². The van der Waals surface area contributed by atoms with E-state index in [1.165, 1.54) is 6.07 Å². The van der Waals surface area contributed by atoms with E-state index < -0.39 is 0 Å². The molecule has 0 N–H and O–H groups in total. The monoisotopic (exact) mass is 436 g/mol. The lowest BCUT2D eigenvalue weighted by atomic mass is 10.2. The van der Waals surface area contributed by atoms with Crippen LogP contribution in [0.25, 0.3) is 0 Å². The molecule has 2 aromatic carbocycles. The van der Waals surface area contributed by atoms with Crippen molar-refractivity contribution < 1.29 is 13.9 Å². The SMILES string of the molecule is COc1cc(CCl)cc(Br)c1OCc1ccc(F)c(Br)c1. The normalized spacial score (nSPS) is 10.5. The van der Waals surface area contributed by atoms with Crippen molar-refractivity contribution in [2.24, 2.45) is 0 Å². The molecule has 0 bridgehead atoms. The molecule has 0 saturated carbocycles. The molecule has 0 aliphatic carbocycles. The summed E-state index contributed by atoms with van der Waals surface area (Å²) in [6.45, 7) is 0.300. The Hall–Kier alpha value is -0.780. The fourth-order valence-electron chi connectivity index (χ4n) is 1.78. The largest absolute Gasteiger partial charge is 0.493 e. The van der Waals surface area contributed by atoms with Crippen LogP contribution < -0.4 is 9.47 Å². The summed E-state index contributed by atoms with van der Waals surface area (Å²) in [7, 11) is 1.57. The van der Waals surface area contributed by atoms with Gasteiger partial charge in [-0.15, -0.1) is 11.6 Å². The van der Waals surface area contributed by atoms with Gasteiger partial charge in [0.15, 0.2) is 11.5 Å². The Balaban J connectivity index is 2.21. The first-order valence-corrected chi connectivity index (χ1v) is 8.16. The minimum atomic E-state index is -0.302. The molecule has 0 amide bonds. The Labute approximate surface area is 144 Å². The smallest absolute Gasteiger partial charge is 0.175 e. The van der Waals surface area contributed by atoms with Crippen LogP contribution in [0.1, 0.15) is 11.1 Å². The maximum Gasteiger partial charge on any atom is 0.175 e. The first kappa shape index (κ1) is 16.6. The second kappa shape index (κ2) is 7.47. The second-order valence-electron chi connectivity index (χ2n) is 4.28. The van der Waals surface area contributed by atoms with E-state index in [4.69, 9.17) is 21.1 Å². The maximum atomic E-state index is 13.2. The van der Waals surface area contributed by atoms with Crippen molar-refractivity contribution in [2.75, 3.05) is 7.11 Å². The summed E-state index contributed by atoms with van der Waals surface area (Å²) in [4.78, 5) is 0. The number of hydrogen-bond donors (Lipinski definition) is 0. The van der Waals surface area contributed by atoms with Gasteiger partial charge in [-0.05, 0) is 67.3 Å². The molecule has 0 fully saturated rings. The number of halogens is 4. The van der Waals surface area contributed by atoms with E-state index in [0.717, 1.165) is 15.6 Å². The van der Waals surface area contributed by atoms with E-state index in [1.807, 2.05) is 12.1 Å². The first-order valence-electron chi connectivity index (χ1n) is 6.04. The van der Waals surface area contributed by atoms with E-state index in [0.29, 0.717) is 28.5 Å². The van der Waals surface area contributed by atoms with Gasteiger partial charge in [-0.3, -0.25) is 0 Å². The number of methoxy groups -OCH3 is 1. The van der Waals surface area contributed by atoms with Crippen LogP contribution in [-0.2, 0) is 12.5 Å². The van der Waals surface area contributed by atoms with Gasteiger partial charge in [0.25, 0.3) is 0 Å². The Kier molecular flexibility index (Phi) is 5.90. The molecule has 6 heteroatoms. The quantitative estimate of drug-likeness (QED) is 0.560. The van der Waals surface area contributed by atoms with Crippen LogP contribution in [0.15, 0.2) is 39.3 Å². The van der Waals surface area contributed by atoms with Gasteiger partial charge in [0.1, 0.15) is 12.4 Å². The molecule has 0 saturated heterocycles. The summed E-state index contributed by atoms with van der Waals surface area (Å²) < 4.78 is 25.5. The zero-order valence-electron chi connectivity index (χ0n) is 11.1. The molecule has 0 aliphatic heterocycles. The highest BCUT2D eigenvalue weighted by molar-refractivity contribution is 9.10. The summed E-state index contributed by atoms with van der Waals surface area (Å²) in [5, 5.41) is 0. The van der Waals surface area contributed by atoms with Crippen molar-refractivity contribution in [3.63, 3.8) is 0 Å². The lowest BCUT2D eigenvalue weighted by Crippen LogP contribution is -2.00. The molecule has 0 heterocycles. The van der Waals surface area contributed by atoms with Crippen LogP contribution in [0.2, 0.25) is 0 Å². The summed E-state index contributed by atoms with van der Waals surface area (Å²) in [6.07, 6.45) is 0. The zero-order valence-corrected chi connectivity index (χ0v) is 15.1. The molecule has 0 atom stereocenters. The van der Waals surface area contributed by atoms with Crippen LogP contribution in [0.3, 0.4) is 0 Å². The molecule has 112 valence electrons. The predicted octanol–water partition coefficient (Wildman–Crippen LogP) is 5.68. The average molecular weight is 439 g/mol. The van der Waals surface area contributed by atoms with Gasteiger partial charge >= 0.3 is 0 Å². The molecule has 0 radical (unpaired) electrons. The first-order chi connectivity index (χ1) is 10.0. The van der Waals surface area contributed by atoms with Gasteiger partial charge in [0.05, 0.1) is 16.1 Å². The molecule has 0 spiro atoms. The summed E-state index contributed by atoms with van der Waals surface area (Å²) in [6, 6.07) is 8.46. The highest BCUT2D eigenvalue weighted by Gasteiger charge is 2.12. The standard InChI is InChI=1S/C15H12Br2ClFO2/c1-20-14-6-10(7-18)5-12(17)15(14)21-8-9-2-3-13(19)11(16)4-9/h2-6H,7-8H2,1H3. The van der Waals surface area contributed by atoms with Crippen molar-refractivity contribution >= 4 is 43.5 Å². The van der Waals surface area contributed by atoms with E-state index in [-0.39, 0.29) is 5.82 Å². The molecular formula is C15H12Br2ClFO2. The maximum absolute atomic E-state index is 13.2. The topological polar surface area (TPSA) is 18.5 Å². The Morgan fingerprint density at radius 3 is 2.43 bits per heavy atom. The van der Waals surface area contributed by atoms with Gasteiger partial charge in [-0.25, -0.2) is 4.39 Å². The highest BCUT2D eigenvalue weighted by atomic mass is 79.9. The summed E-state index contributed by atoms with van der Waals surface area (Å²) >= 11 is 12.4. The number of hydrogen-bond acceptors (Lipinski definition) is 2. The van der Waals surface area contributed by atoms with Gasteiger partial charge in [0, 0.05) is 5.88 Å². The third kappa shape index (κ3) is 4.11. The third-order valence-corrected chi connectivity index (χ3v) is 4.32. The minimum Gasteiger partial charge on any atom is -0.493 e. The van der Waals surface area contributed by atoms with E-state index in [9.17, 15) is 4.39 Å². The molecule has 2 rings (SSSR count). The van der Waals surface area contributed by atoms with Crippen LogP contribution in [0, 0.1) is 5.82 Å². The Morgan fingerprint density at radius 1 is 1.10 bits per heavy atom. The Morgan fingerprint density at radius 2 is 1.81 bits per heavy atom.